The summed E-state index contributed by atoms with van der Waals surface area (Å²) in [5, 5.41) is 1.15. The van der Waals surface area contributed by atoms with Crippen molar-refractivity contribution in [2.75, 3.05) is 31.1 Å². The van der Waals surface area contributed by atoms with Crippen molar-refractivity contribution in [3.05, 3.63) is 18.1 Å². The molecule has 2 fully saturated rings. The van der Waals surface area contributed by atoms with Crippen LogP contribution in [-0.2, 0) is 4.74 Å². The van der Waals surface area contributed by atoms with Gasteiger partial charge in [-0.25, -0.2) is 14.8 Å². The first-order valence-electron chi connectivity index (χ1n) is 8.97. The van der Waals surface area contributed by atoms with Gasteiger partial charge in [0, 0.05) is 32.4 Å². The summed E-state index contributed by atoms with van der Waals surface area (Å²) in [5.41, 5.74) is 1.78. The molecular formula is C18H25N5O2. The molecule has 0 bridgehead atoms. The van der Waals surface area contributed by atoms with Crippen LogP contribution in [0.3, 0.4) is 0 Å². The Labute approximate surface area is 147 Å². The SMILES string of the molecule is CC(C)(C)OC(=O)N1CCN(c2ncnc3[nH]cc(C4CC4)c23)CC1. The van der Waals surface area contributed by atoms with Crippen molar-refractivity contribution in [2.24, 2.45) is 0 Å². The van der Waals surface area contributed by atoms with Gasteiger partial charge in [0.25, 0.3) is 0 Å². The second-order valence-electron chi connectivity index (χ2n) is 7.89. The van der Waals surface area contributed by atoms with E-state index in [1.807, 2.05) is 20.8 Å². The molecule has 7 heteroatoms. The summed E-state index contributed by atoms with van der Waals surface area (Å²) >= 11 is 0. The monoisotopic (exact) mass is 343 g/mol. The summed E-state index contributed by atoms with van der Waals surface area (Å²) in [7, 11) is 0. The summed E-state index contributed by atoms with van der Waals surface area (Å²) in [4.78, 5) is 28.5. The lowest BCUT2D eigenvalue weighted by Gasteiger charge is -2.36. The number of H-pyrrole nitrogens is 1. The van der Waals surface area contributed by atoms with Gasteiger partial charge in [-0.2, -0.15) is 0 Å². The molecule has 1 aliphatic carbocycles. The number of anilines is 1. The van der Waals surface area contributed by atoms with Gasteiger partial charge in [-0.05, 0) is 45.1 Å². The number of ether oxygens (including phenoxy) is 1. The highest BCUT2D eigenvalue weighted by molar-refractivity contribution is 5.91. The first kappa shape index (κ1) is 16.2. The molecule has 1 aliphatic heterocycles. The van der Waals surface area contributed by atoms with Crippen molar-refractivity contribution in [3.8, 4) is 0 Å². The fourth-order valence-electron chi connectivity index (χ4n) is 3.35. The molecule has 25 heavy (non-hydrogen) atoms. The maximum atomic E-state index is 12.2. The average Bonchev–Trinajstić information content (AvgIpc) is 3.32. The quantitative estimate of drug-likeness (QED) is 0.907. The number of rotatable bonds is 2. The van der Waals surface area contributed by atoms with E-state index in [1.165, 1.54) is 18.4 Å². The second-order valence-corrected chi connectivity index (χ2v) is 7.89. The molecule has 2 aliphatic rings. The normalized spacial score (nSPS) is 18.7. The predicted octanol–water partition coefficient (Wildman–Crippen LogP) is 2.89. The van der Waals surface area contributed by atoms with Gasteiger partial charge >= 0.3 is 6.09 Å². The summed E-state index contributed by atoms with van der Waals surface area (Å²) in [6.45, 7) is 8.47. The van der Waals surface area contributed by atoms with Crippen molar-refractivity contribution in [1.82, 2.24) is 19.9 Å². The van der Waals surface area contributed by atoms with Crippen LogP contribution in [0.25, 0.3) is 11.0 Å². The number of aromatic nitrogens is 3. The van der Waals surface area contributed by atoms with Crippen LogP contribution in [0.1, 0.15) is 45.1 Å². The molecule has 1 saturated heterocycles. The third kappa shape index (κ3) is 3.27. The molecule has 2 aromatic heterocycles. The molecule has 134 valence electrons. The molecule has 2 aromatic rings. The van der Waals surface area contributed by atoms with Crippen LogP contribution in [0.15, 0.2) is 12.5 Å². The molecular weight excluding hydrogens is 318 g/mol. The van der Waals surface area contributed by atoms with E-state index in [0.717, 1.165) is 29.9 Å². The molecule has 4 rings (SSSR count). The lowest BCUT2D eigenvalue weighted by molar-refractivity contribution is 0.0240. The fourth-order valence-corrected chi connectivity index (χ4v) is 3.35. The van der Waals surface area contributed by atoms with Crippen molar-refractivity contribution in [2.45, 2.75) is 45.1 Å². The average molecular weight is 343 g/mol. The molecule has 1 N–H and O–H groups in total. The Bertz CT molecular complexity index is 782. The molecule has 1 saturated carbocycles. The standard InChI is InChI=1S/C18H25N5O2/c1-18(2,3)25-17(24)23-8-6-22(7-9-23)16-14-13(12-4-5-12)10-19-15(14)20-11-21-16/h10-12H,4-9H2,1-3H3,(H,19,20,21). The van der Waals surface area contributed by atoms with Crippen LogP contribution >= 0.6 is 0 Å². The van der Waals surface area contributed by atoms with Crippen molar-refractivity contribution in [3.63, 3.8) is 0 Å². The van der Waals surface area contributed by atoms with Gasteiger partial charge in [0.05, 0.1) is 5.39 Å². The van der Waals surface area contributed by atoms with E-state index < -0.39 is 5.60 Å². The minimum Gasteiger partial charge on any atom is -0.444 e. The lowest BCUT2D eigenvalue weighted by Crippen LogP contribution is -2.50. The Hall–Kier alpha value is -2.31. The second kappa shape index (κ2) is 5.89. The number of nitrogens with one attached hydrogen (secondary N) is 1. The van der Waals surface area contributed by atoms with Crippen LogP contribution in [0.5, 0.6) is 0 Å². The highest BCUT2D eigenvalue weighted by Gasteiger charge is 2.31. The highest BCUT2D eigenvalue weighted by atomic mass is 16.6. The minimum atomic E-state index is -0.461. The van der Waals surface area contributed by atoms with E-state index in [9.17, 15) is 4.79 Å². The number of hydrogen-bond acceptors (Lipinski definition) is 5. The predicted molar refractivity (Wildman–Crippen MR) is 95.9 cm³/mol. The lowest BCUT2D eigenvalue weighted by atomic mass is 10.1. The maximum Gasteiger partial charge on any atom is 0.410 e. The molecule has 1 amide bonds. The van der Waals surface area contributed by atoms with Gasteiger partial charge < -0.3 is 19.5 Å². The molecule has 0 radical (unpaired) electrons. The number of amides is 1. The van der Waals surface area contributed by atoms with E-state index in [2.05, 4.69) is 26.0 Å². The Balaban J connectivity index is 1.50. The first-order chi connectivity index (χ1) is 11.9. The summed E-state index contributed by atoms with van der Waals surface area (Å²) in [6.07, 6.45) is 5.95. The zero-order valence-electron chi connectivity index (χ0n) is 15.1. The zero-order chi connectivity index (χ0) is 17.6. The largest absolute Gasteiger partial charge is 0.444 e. The summed E-state index contributed by atoms with van der Waals surface area (Å²) < 4.78 is 5.47. The van der Waals surface area contributed by atoms with Crippen LogP contribution in [0.4, 0.5) is 10.6 Å². The Morgan fingerprint density at radius 3 is 2.56 bits per heavy atom. The third-order valence-electron chi connectivity index (χ3n) is 4.73. The first-order valence-corrected chi connectivity index (χ1v) is 8.97. The topological polar surface area (TPSA) is 74.3 Å². The van der Waals surface area contributed by atoms with Crippen molar-refractivity contribution < 1.29 is 9.53 Å². The summed E-state index contributed by atoms with van der Waals surface area (Å²) in [5.74, 6) is 1.62. The van der Waals surface area contributed by atoms with E-state index in [1.54, 1.807) is 11.2 Å². The number of aromatic amines is 1. The van der Waals surface area contributed by atoms with E-state index in [0.29, 0.717) is 19.0 Å². The molecule has 3 heterocycles. The van der Waals surface area contributed by atoms with Crippen LogP contribution in [0, 0.1) is 0 Å². The van der Waals surface area contributed by atoms with Crippen LogP contribution in [0.2, 0.25) is 0 Å². The van der Waals surface area contributed by atoms with Crippen LogP contribution < -0.4 is 4.90 Å². The Morgan fingerprint density at radius 1 is 1.20 bits per heavy atom. The number of nitrogens with zero attached hydrogens (tertiary/aromatic N) is 4. The smallest absolute Gasteiger partial charge is 0.410 e. The number of piperazine rings is 1. The van der Waals surface area contributed by atoms with Gasteiger partial charge in [-0.1, -0.05) is 0 Å². The molecule has 0 atom stereocenters. The van der Waals surface area contributed by atoms with E-state index in [-0.39, 0.29) is 6.09 Å². The zero-order valence-corrected chi connectivity index (χ0v) is 15.1. The summed E-state index contributed by atoms with van der Waals surface area (Å²) in [6, 6.07) is 0. The molecule has 7 nitrogen and oxygen atoms in total. The number of fused-ring (bicyclic) bond motifs is 1. The molecule has 0 spiro atoms. The molecule has 0 unspecified atom stereocenters. The maximum absolute atomic E-state index is 12.2. The van der Waals surface area contributed by atoms with E-state index in [4.69, 9.17) is 4.74 Å². The Kier molecular flexibility index (Phi) is 3.81. The molecule has 0 aromatic carbocycles. The van der Waals surface area contributed by atoms with Gasteiger partial charge in [-0.3, -0.25) is 0 Å². The number of carbonyl (C=O) groups excluding carboxylic acids is 1. The number of hydrogen-bond donors (Lipinski definition) is 1. The van der Waals surface area contributed by atoms with Crippen molar-refractivity contribution in [1.29, 1.82) is 0 Å². The highest BCUT2D eigenvalue weighted by Crippen LogP contribution is 2.44. The fraction of sp³-hybridized carbons (Fsp3) is 0.611. The van der Waals surface area contributed by atoms with Gasteiger partial charge in [0.15, 0.2) is 0 Å². The van der Waals surface area contributed by atoms with Gasteiger partial charge in [-0.15, -0.1) is 0 Å². The Morgan fingerprint density at radius 2 is 1.92 bits per heavy atom. The minimum absolute atomic E-state index is 0.236. The van der Waals surface area contributed by atoms with Crippen molar-refractivity contribution >= 4 is 22.9 Å². The van der Waals surface area contributed by atoms with Crippen LogP contribution in [-0.4, -0.2) is 57.7 Å². The van der Waals surface area contributed by atoms with Gasteiger partial charge in [0.2, 0.25) is 0 Å². The van der Waals surface area contributed by atoms with E-state index >= 15 is 0 Å². The third-order valence-corrected chi connectivity index (χ3v) is 4.73. The number of carbonyl (C=O) groups is 1. The van der Waals surface area contributed by atoms with Gasteiger partial charge in [0.1, 0.15) is 23.4 Å².